The number of H-pyrrole nitrogens is 1. The summed E-state index contributed by atoms with van der Waals surface area (Å²) in [5, 5.41) is 4.44. The number of fused-ring (bicyclic) bond motifs is 1. The molecular weight excluding hydrogens is 493 g/mol. The summed E-state index contributed by atoms with van der Waals surface area (Å²) < 4.78 is 26.3. The second-order valence-corrected chi connectivity index (χ2v) is 7.86. The minimum atomic E-state index is -0.647. The van der Waals surface area contributed by atoms with E-state index in [1.807, 2.05) is 6.92 Å². The zero-order chi connectivity index (χ0) is 23.4. The van der Waals surface area contributed by atoms with E-state index in [9.17, 15) is 14.0 Å². The SMILES string of the molecule is CCOc1cc(C=Nn2c(=O)[nH]c3ccccc3c2=O)c(Br)cc1OCc1cccc(F)c1. The van der Waals surface area contributed by atoms with Crippen molar-refractivity contribution in [1.82, 2.24) is 9.66 Å². The van der Waals surface area contributed by atoms with Gasteiger partial charge >= 0.3 is 5.69 Å². The highest BCUT2D eigenvalue weighted by molar-refractivity contribution is 9.10. The average Bonchev–Trinajstić information content (AvgIpc) is 2.80. The Morgan fingerprint density at radius 1 is 1.06 bits per heavy atom. The zero-order valence-corrected chi connectivity index (χ0v) is 19.1. The molecule has 1 heterocycles. The Balaban J connectivity index is 1.65. The molecule has 4 aromatic rings. The van der Waals surface area contributed by atoms with Gasteiger partial charge in [-0.25, -0.2) is 9.18 Å². The number of rotatable bonds is 7. The molecule has 0 aliphatic heterocycles. The molecule has 0 aliphatic rings. The molecule has 1 aromatic heterocycles. The van der Waals surface area contributed by atoms with Gasteiger partial charge in [0.15, 0.2) is 11.5 Å². The lowest BCUT2D eigenvalue weighted by atomic mass is 10.2. The number of aromatic nitrogens is 2. The van der Waals surface area contributed by atoms with Crippen molar-refractivity contribution >= 4 is 33.0 Å². The summed E-state index contributed by atoms with van der Waals surface area (Å²) in [6, 6.07) is 16.2. The molecule has 0 fully saturated rings. The van der Waals surface area contributed by atoms with Crippen molar-refractivity contribution in [3.8, 4) is 11.5 Å². The summed E-state index contributed by atoms with van der Waals surface area (Å²) in [5.41, 5.74) is 0.511. The topological polar surface area (TPSA) is 85.7 Å². The van der Waals surface area contributed by atoms with Gasteiger partial charge in [-0.15, -0.1) is 4.68 Å². The van der Waals surface area contributed by atoms with Crippen LogP contribution in [0.1, 0.15) is 18.1 Å². The summed E-state index contributed by atoms with van der Waals surface area (Å²) >= 11 is 3.46. The van der Waals surface area contributed by atoms with Gasteiger partial charge in [0, 0.05) is 10.0 Å². The van der Waals surface area contributed by atoms with Gasteiger partial charge < -0.3 is 14.5 Å². The Kier molecular flexibility index (Phi) is 6.69. The fourth-order valence-electron chi connectivity index (χ4n) is 3.20. The van der Waals surface area contributed by atoms with Crippen LogP contribution in [0, 0.1) is 5.82 Å². The van der Waals surface area contributed by atoms with E-state index in [0.29, 0.717) is 44.6 Å². The molecule has 0 saturated carbocycles. The smallest absolute Gasteiger partial charge is 0.349 e. The molecule has 3 aromatic carbocycles. The molecule has 4 rings (SSSR count). The standard InChI is InChI=1S/C24H19BrFN3O4/c1-2-32-21-11-16(19(25)12-22(21)33-14-15-6-5-7-17(26)10-15)13-27-29-23(30)18-8-3-4-9-20(18)28-24(29)31/h3-13H,2,14H2,1H3,(H,28,31). The number of aromatic amines is 1. The molecular formula is C24H19BrFN3O4. The average molecular weight is 512 g/mol. The van der Waals surface area contributed by atoms with Crippen LogP contribution in [0.25, 0.3) is 10.9 Å². The van der Waals surface area contributed by atoms with Crippen molar-refractivity contribution in [3.63, 3.8) is 0 Å². The Morgan fingerprint density at radius 2 is 1.85 bits per heavy atom. The molecule has 33 heavy (non-hydrogen) atoms. The minimum absolute atomic E-state index is 0.152. The molecule has 0 spiro atoms. The van der Waals surface area contributed by atoms with Crippen molar-refractivity contribution in [2.45, 2.75) is 13.5 Å². The van der Waals surface area contributed by atoms with Crippen LogP contribution in [0.5, 0.6) is 11.5 Å². The normalized spacial score (nSPS) is 11.2. The minimum Gasteiger partial charge on any atom is -0.490 e. The number of benzene rings is 3. The summed E-state index contributed by atoms with van der Waals surface area (Å²) in [6.45, 7) is 2.37. The van der Waals surface area contributed by atoms with Crippen LogP contribution in [-0.2, 0) is 6.61 Å². The number of ether oxygens (including phenoxy) is 2. The molecule has 0 bridgehead atoms. The second-order valence-electron chi connectivity index (χ2n) is 7.01. The highest BCUT2D eigenvalue weighted by Crippen LogP contribution is 2.34. The van der Waals surface area contributed by atoms with E-state index in [1.54, 1.807) is 48.5 Å². The van der Waals surface area contributed by atoms with Gasteiger partial charge in [-0.2, -0.15) is 5.10 Å². The molecule has 0 amide bonds. The molecule has 0 atom stereocenters. The van der Waals surface area contributed by atoms with Gasteiger partial charge in [-0.1, -0.05) is 24.3 Å². The number of nitrogens with one attached hydrogen (secondary N) is 1. The molecule has 0 aliphatic carbocycles. The zero-order valence-electron chi connectivity index (χ0n) is 17.5. The molecule has 0 unspecified atom stereocenters. The van der Waals surface area contributed by atoms with Gasteiger partial charge in [0.25, 0.3) is 5.56 Å². The van der Waals surface area contributed by atoms with E-state index in [0.717, 1.165) is 4.68 Å². The van der Waals surface area contributed by atoms with Crippen LogP contribution in [-0.4, -0.2) is 22.5 Å². The summed E-state index contributed by atoms with van der Waals surface area (Å²) in [5.74, 6) is 0.553. The number of hydrogen-bond donors (Lipinski definition) is 1. The van der Waals surface area contributed by atoms with Gasteiger partial charge in [0.1, 0.15) is 12.4 Å². The fraction of sp³-hybridized carbons (Fsp3) is 0.125. The lowest BCUT2D eigenvalue weighted by Gasteiger charge is -2.14. The van der Waals surface area contributed by atoms with Gasteiger partial charge in [-0.05, 0) is 64.8 Å². The van der Waals surface area contributed by atoms with Crippen molar-refractivity contribution in [3.05, 3.63) is 103 Å². The summed E-state index contributed by atoms with van der Waals surface area (Å²) in [7, 11) is 0. The Morgan fingerprint density at radius 3 is 2.64 bits per heavy atom. The van der Waals surface area contributed by atoms with Crippen LogP contribution in [0.4, 0.5) is 4.39 Å². The highest BCUT2D eigenvalue weighted by atomic mass is 79.9. The largest absolute Gasteiger partial charge is 0.490 e. The van der Waals surface area contributed by atoms with E-state index >= 15 is 0 Å². The first-order valence-electron chi connectivity index (χ1n) is 10.1. The third-order valence-corrected chi connectivity index (χ3v) is 5.43. The lowest BCUT2D eigenvalue weighted by molar-refractivity contribution is 0.269. The van der Waals surface area contributed by atoms with Gasteiger partial charge in [0.05, 0.1) is 23.7 Å². The maximum Gasteiger partial charge on any atom is 0.349 e. The van der Waals surface area contributed by atoms with E-state index in [-0.39, 0.29) is 12.4 Å². The van der Waals surface area contributed by atoms with Crippen LogP contribution in [0.2, 0.25) is 0 Å². The molecule has 0 saturated heterocycles. The predicted octanol–water partition coefficient (Wildman–Crippen LogP) is 4.45. The molecule has 0 radical (unpaired) electrons. The number of halogens is 2. The van der Waals surface area contributed by atoms with E-state index in [4.69, 9.17) is 9.47 Å². The Hall–Kier alpha value is -3.72. The van der Waals surface area contributed by atoms with Crippen molar-refractivity contribution in [2.75, 3.05) is 6.61 Å². The van der Waals surface area contributed by atoms with Crippen molar-refractivity contribution < 1.29 is 13.9 Å². The van der Waals surface area contributed by atoms with Crippen molar-refractivity contribution in [1.29, 1.82) is 0 Å². The number of para-hydroxylation sites is 1. The molecule has 1 N–H and O–H groups in total. The third-order valence-electron chi connectivity index (χ3n) is 4.74. The maximum absolute atomic E-state index is 13.4. The van der Waals surface area contributed by atoms with Gasteiger partial charge in [0.2, 0.25) is 0 Å². The lowest BCUT2D eigenvalue weighted by Crippen LogP contribution is -2.32. The van der Waals surface area contributed by atoms with Gasteiger partial charge in [-0.3, -0.25) is 4.79 Å². The summed E-state index contributed by atoms with van der Waals surface area (Å²) in [4.78, 5) is 27.6. The number of hydrogen-bond acceptors (Lipinski definition) is 5. The Bertz CT molecular complexity index is 1460. The highest BCUT2D eigenvalue weighted by Gasteiger charge is 2.12. The second kappa shape index (κ2) is 9.83. The van der Waals surface area contributed by atoms with Crippen LogP contribution in [0.3, 0.4) is 0 Å². The maximum atomic E-state index is 13.4. The van der Waals surface area contributed by atoms with E-state index in [2.05, 4.69) is 26.0 Å². The summed E-state index contributed by atoms with van der Waals surface area (Å²) in [6.07, 6.45) is 1.38. The van der Waals surface area contributed by atoms with Crippen LogP contribution < -0.4 is 20.7 Å². The fourth-order valence-corrected chi connectivity index (χ4v) is 3.62. The predicted molar refractivity (Wildman–Crippen MR) is 128 cm³/mol. The first kappa shape index (κ1) is 22.5. The van der Waals surface area contributed by atoms with Crippen LogP contribution >= 0.6 is 15.9 Å². The molecule has 9 heteroatoms. The molecule has 7 nitrogen and oxygen atoms in total. The first-order valence-corrected chi connectivity index (χ1v) is 10.9. The Labute approximate surface area is 196 Å². The monoisotopic (exact) mass is 511 g/mol. The van der Waals surface area contributed by atoms with Crippen molar-refractivity contribution in [2.24, 2.45) is 5.10 Å². The van der Waals surface area contributed by atoms with E-state index in [1.165, 1.54) is 18.3 Å². The third kappa shape index (κ3) is 5.04. The first-order chi connectivity index (χ1) is 16.0. The number of nitrogens with zero attached hydrogens (tertiary/aromatic N) is 2. The van der Waals surface area contributed by atoms with E-state index < -0.39 is 11.2 Å². The molecule has 168 valence electrons. The quantitative estimate of drug-likeness (QED) is 0.371. The van der Waals surface area contributed by atoms with Crippen LogP contribution in [0.15, 0.2) is 79.8 Å².